The number of carboxylic acid groups (broad SMARTS) is 1. The van der Waals surface area contributed by atoms with Crippen molar-refractivity contribution < 1.29 is 14.7 Å². The lowest BCUT2D eigenvalue weighted by atomic mass is 9.89. The molecular weight excluding hydrogens is 218 g/mol. The maximum Gasteiger partial charge on any atom is 0.303 e. The molecule has 100 valence electrons. The molecule has 0 bridgehead atoms. The molecule has 4 nitrogen and oxygen atoms in total. The molecule has 0 saturated heterocycles. The molecule has 0 spiro atoms. The van der Waals surface area contributed by atoms with Crippen molar-refractivity contribution in [1.82, 2.24) is 5.32 Å². The zero-order chi connectivity index (χ0) is 13.3. The average molecular weight is 243 g/mol. The fourth-order valence-corrected chi connectivity index (χ4v) is 1.36. The van der Waals surface area contributed by atoms with E-state index in [0.717, 1.165) is 32.1 Å². The number of carboxylic acids is 1. The Labute approximate surface area is 104 Å². The number of rotatable bonds is 9. The van der Waals surface area contributed by atoms with Crippen molar-refractivity contribution in [2.45, 2.75) is 59.3 Å². The van der Waals surface area contributed by atoms with Gasteiger partial charge in [-0.05, 0) is 19.3 Å². The Kier molecular flexibility index (Phi) is 7.59. The van der Waals surface area contributed by atoms with Crippen LogP contribution in [0.25, 0.3) is 0 Å². The number of hydrogen-bond donors (Lipinski definition) is 2. The third-order valence-electron chi connectivity index (χ3n) is 3.10. The summed E-state index contributed by atoms with van der Waals surface area (Å²) in [5, 5.41) is 11.4. The third-order valence-corrected chi connectivity index (χ3v) is 3.10. The van der Waals surface area contributed by atoms with Gasteiger partial charge >= 0.3 is 5.97 Å². The third kappa shape index (κ3) is 7.77. The SMILES string of the molecule is CCC(C)(C)C(=O)NCCCCCCC(=O)O. The molecule has 4 heteroatoms. The van der Waals surface area contributed by atoms with Gasteiger partial charge in [0.25, 0.3) is 0 Å². The van der Waals surface area contributed by atoms with Crippen molar-refractivity contribution in [3.63, 3.8) is 0 Å². The second-order valence-electron chi connectivity index (χ2n) is 5.05. The lowest BCUT2D eigenvalue weighted by Gasteiger charge is -2.21. The van der Waals surface area contributed by atoms with Crippen LogP contribution >= 0.6 is 0 Å². The monoisotopic (exact) mass is 243 g/mol. The molecule has 0 aliphatic heterocycles. The van der Waals surface area contributed by atoms with Gasteiger partial charge in [0.15, 0.2) is 0 Å². The van der Waals surface area contributed by atoms with Crippen LogP contribution in [-0.4, -0.2) is 23.5 Å². The topological polar surface area (TPSA) is 66.4 Å². The summed E-state index contributed by atoms with van der Waals surface area (Å²) in [7, 11) is 0. The first-order chi connectivity index (χ1) is 7.90. The number of nitrogens with one attached hydrogen (secondary N) is 1. The zero-order valence-electron chi connectivity index (χ0n) is 11.2. The van der Waals surface area contributed by atoms with E-state index in [9.17, 15) is 9.59 Å². The van der Waals surface area contributed by atoms with Gasteiger partial charge in [-0.15, -0.1) is 0 Å². The molecule has 0 saturated carbocycles. The van der Waals surface area contributed by atoms with Crippen LogP contribution in [0.3, 0.4) is 0 Å². The first-order valence-electron chi connectivity index (χ1n) is 6.40. The number of amides is 1. The molecular formula is C13H25NO3. The molecule has 0 heterocycles. The minimum atomic E-state index is -0.733. The van der Waals surface area contributed by atoms with Crippen LogP contribution in [0.4, 0.5) is 0 Å². The van der Waals surface area contributed by atoms with Crippen LogP contribution < -0.4 is 5.32 Å². The van der Waals surface area contributed by atoms with E-state index in [1.807, 2.05) is 20.8 Å². The predicted octanol–water partition coefficient (Wildman–Crippen LogP) is 2.57. The van der Waals surface area contributed by atoms with E-state index in [1.54, 1.807) is 0 Å². The molecule has 2 N–H and O–H groups in total. The van der Waals surface area contributed by atoms with Crippen LogP contribution in [0.2, 0.25) is 0 Å². The highest BCUT2D eigenvalue weighted by molar-refractivity contribution is 5.81. The lowest BCUT2D eigenvalue weighted by molar-refractivity contribution is -0.137. The van der Waals surface area contributed by atoms with E-state index >= 15 is 0 Å². The summed E-state index contributed by atoms with van der Waals surface area (Å²) < 4.78 is 0. The second kappa shape index (κ2) is 8.09. The fourth-order valence-electron chi connectivity index (χ4n) is 1.36. The Morgan fingerprint density at radius 3 is 2.24 bits per heavy atom. The van der Waals surface area contributed by atoms with Crippen molar-refractivity contribution in [1.29, 1.82) is 0 Å². The fraction of sp³-hybridized carbons (Fsp3) is 0.846. The van der Waals surface area contributed by atoms with Crippen LogP contribution in [0.15, 0.2) is 0 Å². The van der Waals surface area contributed by atoms with E-state index in [0.29, 0.717) is 6.54 Å². The molecule has 0 aromatic heterocycles. The predicted molar refractivity (Wildman–Crippen MR) is 67.8 cm³/mol. The average Bonchev–Trinajstić information content (AvgIpc) is 2.27. The lowest BCUT2D eigenvalue weighted by Crippen LogP contribution is -2.36. The summed E-state index contributed by atoms with van der Waals surface area (Å²) in [5.41, 5.74) is -0.288. The molecule has 0 aliphatic carbocycles. The van der Waals surface area contributed by atoms with Crippen molar-refractivity contribution in [2.24, 2.45) is 5.41 Å². The molecule has 17 heavy (non-hydrogen) atoms. The summed E-state index contributed by atoms with van der Waals surface area (Å²) in [4.78, 5) is 21.9. The summed E-state index contributed by atoms with van der Waals surface area (Å²) in [6.07, 6.45) is 4.61. The van der Waals surface area contributed by atoms with Crippen LogP contribution in [0, 0.1) is 5.41 Å². The molecule has 0 atom stereocenters. The van der Waals surface area contributed by atoms with Crippen molar-refractivity contribution >= 4 is 11.9 Å². The van der Waals surface area contributed by atoms with Crippen molar-refractivity contribution in [3.8, 4) is 0 Å². The second-order valence-corrected chi connectivity index (χ2v) is 5.05. The molecule has 0 aromatic rings. The van der Waals surface area contributed by atoms with Crippen LogP contribution in [0.5, 0.6) is 0 Å². The summed E-state index contributed by atoms with van der Waals surface area (Å²) in [6, 6.07) is 0. The Bertz CT molecular complexity index is 249. The number of carbonyl (C=O) groups excluding carboxylic acids is 1. The van der Waals surface area contributed by atoms with Gasteiger partial charge < -0.3 is 10.4 Å². The van der Waals surface area contributed by atoms with E-state index < -0.39 is 5.97 Å². The van der Waals surface area contributed by atoms with Gasteiger partial charge in [0, 0.05) is 18.4 Å². The number of carbonyl (C=O) groups is 2. The molecule has 0 unspecified atom stereocenters. The summed E-state index contributed by atoms with van der Waals surface area (Å²) in [5.74, 6) is -0.631. The van der Waals surface area contributed by atoms with Gasteiger partial charge in [-0.1, -0.05) is 33.6 Å². The maximum absolute atomic E-state index is 11.7. The Morgan fingerprint density at radius 1 is 1.12 bits per heavy atom. The minimum Gasteiger partial charge on any atom is -0.481 e. The minimum absolute atomic E-state index is 0.102. The number of unbranched alkanes of at least 4 members (excludes halogenated alkanes) is 3. The highest BCUT2D eigenvalue weighted by Gasteiger charge is 2.24. The largest absolute Gasteiger partial charge is 0.481 e. The van der Waals surface area contributed by atoms with E-state index in [-0.39, 0.29) is 17.7 Å². The van der Waals surface area contributed by atoms with Gasteiger partial charge in [-0.2, -0.15) is 0 Å². The molecule has 0 aromatic carbocycles. The number of hydrogen-bond acceptors (Lipinski definition) is 2. The molecule has 0 aliphatic rings. The Hall–Kier alpha value is -1.06. The summed E-state index contributed by atoms with van der Waals surface area (Å²) >= 11 is 0. The first kappa shape index (κ1) is 15.9. The molecule has 0 rings (SSSR count). The standard InChI is InChI=1S/C13H25NO3/c1-4-13(2,3)12(17)14-10-8-6-5-7-9-11(15)16/h4-10H2,1-3H3,(H,14,17)(H,15,16). The van der Waals surface area contributed by atoms with Gasteiger partial charge in [0.05, 0.1) is 0 Å². The smallest absolute Gasteiger partial charge is 0.303 e. The molecule has 0 fully saturated rings. The molecule has 0 radical (unpaired) electrons. The quantitative estimate of drug-likeness (QED) is 0.612. The summed E-state index contributed by atoms with van der Waals surface area (Å²) in [6.45, 7) is 6.57. The normalized spacial score (nSPS) is 11.2. The van der Waals surface area contributed by atoms with Gasteiger partial charge in [-0.25, -0.2) is 0 Å². The van der Waals surface area contributed by atoms with Crippen LogP contribution in [0.1, 0.15) is 59.3 Å². The van der Waals surface area contributed by atoms with E-state index in [4.69, 9.17) is 5.11 Å². The highest BCUT2D eigenvalue weighted by Crippen LogP contribution is 2.19. The van der Waals surface area contributed by atoms with E-state index in [2.05, 4.69) is 5.32 Å². The van der Waals surface area contributed by atoms with E-state index in [1.165, 1.54) is 0 Å². The highest BCUT2D eigenvalue weighted by atomic mass is 16.4. The van der Waals surface area contributed by atoms with Crippen molar-refractivity contribution in [2.75, 3.05) is 6.54 Å². The molecule has 1 amide bonds. The maximum atomic E-state index is 11.7. The Morgan fingerprint density at radius 2 is 1.71 bits per heavy atom. The van der Waals surface area contributed by atoms with Gasteiger partial charge in [-0.3, -0.25) is 9.59 Å². The van der Waals surface area contributed by atoms with Crippen molar-refractivity contribution in [3.05, 3.63) is 0 Å². The van der Waals surface area contributed by atoms with Gasteiger partial charge in [0.2, 0.25) is 5.91 Å². The first-order valence-corrected chi connectivity index (χ1v) is 6.40. The zero-order valence-corrected chi connectivity index (χ0v) is 11.2. The number of aliphatic carboxylic acids is 1. The van der Waals surface area contributed by atoms with Crippen LogP contribution in [-0.2, 0) is 9.59 Å². The van der Waals surface area contributed by atoms with Gasteiger partial charge in [0.1, 0.15) is 0 Å². The Balaban J connectivity index is 3.46.